The van der Waals surface area contributed by atoms with Gasteiger partial charge in [0.2, 0.25) is 0 Å². The van der Waals surface area contributed by atoms with Crippen molar-refractivity contribution in [2.75, 3.05) is 27.2 Å². The Labute approximate surface area is 176 Å². The molecule has 150 valence electrons. The summed E-state index contributed by atoms with van der Waals surface area (Å²) < 4.78 is 2.15. The summed E-state index contributed by atoms with van der Waals surface area (Å²) in [4.78, 5) is 9.01. The number of hydrogen-bond donors (Lipinski definition) is 2. The van der Waals surface area contributed by atoms with Crippen molar-refractivity contribution in [2.24, 2.45) is 0 Å². The molecule has 0 amide bonds. The van der Waals surface area contributed by atoms with Crippen LogP contribution in [0.25, 0.3) is 5.69 Å². The predicted octanol–water partition coefficient (Wildman–Crippen LogP) is 3.11. The van der Waals surface area contributed by atoms with E-state index in [2.05, 4.69) is 44.8 Å². The summed E-state index contributed by atoms with van der Waals surface area (Å²) in [6, 6.07) is 17.3. The third-order valence-corrected chi connectivity index (χ3v) is 5.55. The maximum atomic E-state index is 9.67. The lowest BCUT2D eigenvalue weighted by Crippen LogP contribution is -2.36. The van der Waals surface area contributed by atoms with Crippen molar-refractivity contribution < 1.29 is 5.11 Å². The molecule has 1 aliphatic rings. The maximum Gasteiger partial charge on any atom is 0.170 e. The maximum absolute atomic E-state index is 9.67. The van der Waals surface area contributed by atoms with Crippen LogP contribution in [0, 0.1) is 0 Å². The van der Waals surface area contributed by atoms with Crippen molar-refractivity contribution in [3.05, 3.63) is 78.4 Å². The number of pyridine rings is 1. The third-order valence-electron chi connectivity index (χ3n) is 5.20. The highest BCUT2D eigenvalue weighted by atomic mass is 32.1. The molecule has 0 radical (unpaired) electrons. The van der Waals surface area contributed by atoms with Gasteiger partial charge >= 0.3 is 0 Å². The standard InChI is InChI=1S/C22H25N5OS/c1-25(2)14-15-27-21(20(24-22(27)29)18-6-3-4-12-23-18)19-7-5-13-26(19)16-8-10-17(28)11-9-16/h3-13,20-21,28H,14-15H2,1-2H3,(H,24,29)/t20-,21-/m1/s1. The molecule has 1 saturated heterocycles. The zero-order valence-corrected chi connectivity index (χ0v) is 17.4. The number of hydrogen-bond acceptors (Lipinski definition) is 4. The van der Waals surface area contributed by atoms with Gasteiger partial charge < -0.3 is 24.8 Å². The summed E-state index contributed by atoms with van der Waals surface area (Å²) in [5.74, 6) is 0.255. The van der Waals surface area contributed by atoms with Crippen LogP contribution < -0.4 is 5.32 Å². The molecule has 6 nitrogen and oxygen atoms in total. The molecule has 0 unspecified atom stereocenters. The summed E-state index contributed by atoms with van der Waals surface area (Å²) >= 11 is 5.72. The van der Waals surface area contributed by atoms with Gasteiger partial charge in [-0.3, -0.25) is 4.98 Å². The van der Waals surface area contributed by atoms with Crippen LogP contribution in [0.15, 0.2) is 67.0 Å². The average molecular weight is 408 g/mol. The van der Waals surface area contributed by atoms with Crippen LogP contribution in [0.4, 0.5) is 0 Å². The SMILES string of the molecule is CN(C)CCN1C(=S)N[C@H](c2ccccn2)[C@H]1c1cccn1-c1ccc(O)cc1. The molecule has 1 fully saturated rings. The Bertz CT molecular complexity index is 970. The molecule has 0 saturated carbocycles. The van der Waals surface area contributed by atoms with Gasteiger partial charge in [0.15, 0.2) is 5.11 Å². The summed E-state index contributed by atoms with van der Waals surface area (Å²) in [7, 11) is 4.13. The van der Waals surface area contributed by atoms with Gasteiger partial charge in [0, 0.05) is 36.9 Å². The van der Waals surface area contributed by atoms with Crippen molar-refractivity contribution in [3.8, 4) is 11.4 Å². The first-order chi connectivity index (χ1) is 14.0. The number of benzene rings is 1. The summed E-state index contributed by atoms with van der Waals surface area (Å²) in [6.07, 6.45) is 3.86. The van der Waals surface area contributed by atoms with E-state index in [1.807, 2.05) is 48.8 Å². The average Bonchev–Trinajstić information content (AvgIpc) is 3.32. The Morgan fingerprint density at radius 3 is 2.59 bits per heavy atom. The zero-order valence-electron chi connectivity index (χ0n) is 16.6. The number of phenols is 1. The van der Waals surface area contributed by atoms with E-state index >= 15 is 0 Å². The molecule has 0 aliphatic carbocycles. The van der Waals surface area contributed by atoms with Crippen LogP contribution in [-0.2, 0) is 0 Å². The van der Waals surface area contributed by atoms with Crippen LogP contribution in [0.5, 0.6) is 5.75 Å². The molecule has 29 heavy (non-hydrogen) atoms. The van der Waals surface area contributed by atoms with Crippen LogP contribution >= 0.6 is 12.2 Å². The number of rotatable bonds is 6. The zero-order chi connectivity index (χ0) is 20.4. The predicted molar refractivity (Wildman–Crippen MR) is 118 cm³/mol. The molecule has 7 heteroatoms. The number of phenolic OH excluding ortho intramolecular Hbond substituents is 1. The minimum absolute atomic E-state index is 0.00107. The topological polar surface area (TPSA) is 56.6 Å². The van der Waals surface area contributed by atoms with Crippen LogP contribution in [0.2, 0.25) is 0 Å². The molecule has 2 N–H and O–H groups in total. The van der Waals surface area contributed by atoms with E-state index in [1.165, 1.54) is 0 Å². The summed E-state index contributed by atoms with van der Waals surface area (Å²) in [6.45, 7) is 1.71. The Balaban J connectivity index is 1.77. The Hall–Kier alpha value is -2.90. The normalized spacial score (nSPS) is 19.0. The van der Waals surface area contributed by atoms with Crippen LogP contribution in [0.1, 0.15) is 23.5 Å². The fraction of sp³-hybridized carbons (Fsp3) is 0.273. The lowest BCUT2D eigenvalue weighted by Gasteiger charge is -2.29. The first kappa shape index (κ1) is 19.4. The van der Waals surface area contributed by atoms with Crippen LogP contribution in [-0.4, -0.2) is 56.8 Å². The first-order valence-electron chi connectivity index (χ1n) is 9.64. The quantitative estimate of drug-likeness (QED) is 0.613. The number of nitrogens with one attached hydrogen (secondary N) is 1. The molecule has 4 rings (SSSR count). The monoisotopic (exact) mass is 407 g/mol. The minimum atomic E-state index is -0.0448. The number of aromatic nitrogens is 2. The molecule has 1 aromatic carbocycles. The fourth-order valence-corrected chi connectivity index (χ4v) is 4.09. The van der Waals surface area contributed by atoms with E-state index in [-0.39, 0.29) is 17.8 Å². The van der Waals surface area contributed by atoms with E-state index in [0.717, 1.165) is 35.3 Å². The van der Waals surface area contributed by atoms with Crippen molar-refractivity contribution in [1.82, 2.24) is 24.7 Å². The van der Waals surface area contributed by atoms with E-state index in [0.29, 0.717) is 0 Å². The largest absolute Gasteiger partial charge is 0.508 e. The smallest absolute Gasteiger partial charge is 0.170 e. The van der Waals surface area contributed by atoms with E-state index in [9.17, 15) is 5.11 Å². The van der Waals surface area contributed by atoms with Crippen molar-refractivity contribution >= 4 is 17.3 Å². The van der Waals surface area contributed by atoms with Crippen LogP contribution in [0.3, 0.4) is 0 Å². The lowest BCUT2D eigenvalue weighted by atomic mass is 10.0. The molecular weight excluding hydrogens is 382 g/mol. The number of nitrogens with zero attached hydrogens (tertiary/aromatic N) is 4. The third kappa shape index (κ3) is 3.97. The summed E-state index contributed by atoms with van der Waals surface area (Å²) in [5.41, 5.74) is 3.08. The minimum Gasteiger partial charge on any atom is -0.508 e. The van der Waals surface area contributed by atoms with Gasteiger partial charge in [0.1, 0.15) is 5.75 Å². The van der Waals surface area contributed by atoms with Gasteiger partial charge in [-0.2, -0.15) is 0 Å². The molecular formula is C22H25N5OS. The van der Waals surface area contributed by atoms with Crippen molar-refractivity contribution in [1.29, 1.82) is 0 Å². The molecule has 0 spiro atoms. The first-order valence-corrected chi connectivity index (χ1v) is 10.0. The number of aromatic hydroxyl groups is 1. The molecule has 0 bridgehead atoms. The molecule has 2 aromatic heterocycles. The summed E-state index contributed by atoms with van der Waals surface area (Å²) in [5, 5.41) is 13.9. The van der Waals surface area contributed by atoms with Gasteiger partial charge in [0.25, 0.3) is 0 Å². The Morgan fingerprint density at radius 1 is 1.10 bits per heavy atom. The lowest BCUT2D eigenvalue weighted by molar-refractivity contribution is 0.272. The molecule has 1 aliphatic heterocycles. The van der Waals surface area contributed by atoms with Gasteiger partial charge in [-0.05, 0) is 74.8 Å². The van der Waals surface area contributed by atoms with Gasteiger partial charge in [-0.1, -0.05) is 6.07 Å². The Kier molecular flexibility index (Phi) is 5.51. The molecule has 3 aromatic rings. The van der Waals surface area contributed by atoms with Gasteiger partial charge in [0.05, 0.1) is 17.8 Å². The van der Waals surface area contributed by atoms with Crippen molar-refractivity contribution in [3.63, 3.8) is 0 Å². The van der Waals surface area contributed by atoms with Crippen molar-refractivity contribution in [2.45, 2.75) is 12.1 Å². The molecule has 2 atom stereocenters. The van der Waals surface area contributed by atoms with E-state index in [4.69, 9.17) is 12.2 Å². The fourth-order valence-electron chi connectivity index (χ4n) is 3.76. The Morgan fingerprint density at radius 2 is 1.90 bits per heavy atom. The molecule has 3 heterocycles. The second-order valence-electron chi connectivity index (χ2n) is 7.44. The second-order valence-corrected chi connectivity index (χ2v) is 7.83. The second kappa shape index (κ2) is 8.23. The van der Waals surface area contributed by atoms with E-state index in [1.54, 1.807) is 12.1 Å². The number of likely N-dealkylation sites (N-methyl/N-ethyl adjacent to an activating group) is 1. The van der Waals surface area contributed by atoms with Gasteiger partial charge in [-0.25, -0.2) is 0 Å². The highest BCUT2D eigenvalue weighted by molar-refractivity contribution is 7.80. The highest BCUT2D eigenvalue weighted by Gasteiger charge is 2.41. The number of thiocarbonyl (C=S) groups is 1. The van der Waals surface area contributed by atoms with Gasteiger partial charge in [-0.15, -0.1) is 0 Å². The van der Waals surface area contributed by atoms with E-state index < -0.39 is 0 Å². The highest BCUT2D eigenvalue weighted by Crippen LogP contribution is 2.39.